The first-order chi connectivity index (χ1) is 5.39. The van der Waals surface area contributed by atoms with Gasteiger partial charge in [0, 0.05) is 11.5 Å². The summed E-state index contributed by atoms with van der Waals surface area (Å²) in [5, 5.41) is 24.5. The summed E-state index contributed by atoms with van der Waals surface area (Å²) in [5.74, 6) is -0.981. The van der Waals surface area contributed by atoms with E-state index >= 15 is 0 Å². The largest absolute Gasteiger partial charge is 0.478 e. The molecule has 3 N–H and O–H groups in total. The van der Waals surface area contributed by atoms with Crippen LogP contribution in [0.5, 0.6) is 0 Å². The van der Waals surface area contributed by atoms with Gasteiger partial charge in [0.15, 0.2) is 0 Å². The van der Waals surface area contributed by atoms with E-state index in [0.717, 1.165) is 6.08 Å². The average molecular weight is 176 g/mol. The van der Waals surface area contributed by atoms with Crippen LogP contribution >= 0.6 is 0 Å². The third-order valence-corrected chi connectivity index (χ3v) is 1.03. The van der Waals surface area contributed by atoms with Crippen LogP contribution < -0.4 is 0 Å². The van der Waals surface area contributed by atoms with E-state index < -0.39 is 5.97 Å². The maximum Gasteiger partial charge on any atom is 0.327 e. The summed E-state index contributed by atoms with van der Waals surface area (Å²) in [7, 11) is 0. The Labute approximate surface area is 72.2 Å². The second kappa shape index (κ2) is 6.82. The topological polar surface area (TPSA) is 77.8 Å². The van der Waals surface area contributed by atoms with E-state index in [2.05, 4.69) is 6.58 Å². The van der Waals surface area contributed by atoms with Crippen molar-refractivity contribution in [1.82, 2.24) is 0 Å². The molecule has 0 aromatic rings. The first kappa shape index (κ1) is 13.7. The van der Waals surface area contributed by atoms with Crippen LogP contribution in [0, 0.1) is 5.41 Å². The number of hydrogen-bond acceptors (Lipinski definition) is 3. The maximum absolute atomic E-state index is 9.25. The molecule has 0 radical (unpaired) electrons. The molecule has 12 heavy (non-hydrogen) atoms. The van der Waals surface area contributed by atoms with Crippen LogP contribution in [0.1, 0.15) is 13.8 Å². The van der Waals surface area contributed by atoms with Crippen LogP contribution in [-0.2, 0) is 4.79 Å². The second-order valence-corrected chi connectivity index (χ2v) is 3.02. The lowest BCUT2D eigenvalue weighted by molar-refractivity contribution is -0.131. The van der Waals surface area contributed by atoms with Gasteiger partial charge >= 0.3 is 5.97 Å². The first-order valence-corrected chi connectivity index (χ1v) is 3.46. The van der Waals surface area contributed by atoms with Gasteiger partial charge in [-0.25, -0.2) is 4.79 Å². The minimum absolute atomic E-state index is 0.0451. The Morgan fingerprint density at radius 1 is 1.42 bits per heavy atom. The van der Waals surface area contributed by atoms with Gasteiger partial charge in [-0.2, -0.15) is 0 Å². The van der Waals surface area contributed by atoms with Gasteiger partial charge in [0.25, 0.3) is 0 Å². The van der Waals surface area contributed by atoms with Crippen LogP contribution in [0.25, 0.3) is 0 Å². The molecule has 0 spiro atoms. The molecule has 4 heteroatoms. The molecular weight excluding hydrogens is 160 g/mol. The standard InChI is InChI=1S/C5H12O2.C3H4O2/c1-5(2,3-6)4-7;1-2-3(4)5/h6-7H,3-4H2,1-2H3;2H,1H2,(H,4,5). The minimum Gasteiger partial charge on any atom is -0.478 e. The summed E-state index contributed by atoms with van der Waals surface area (Å²) in [6.07, 6.45) is 0.833. The zero-order valence-corrected chi connectivity index (χ0v) is 7.45. The molecule has 0 amide bonds. The highest BCUT2D eigenvalue weighted by Crippen LogP contribution is 2.10. The fourth-order valence-electron chi connectivity index (χ4n) is 0.0500. The van der Waals surface area contributed by atoms with Gasteiger partial charge in [0.05, 0.1) is 13.2 Å². The van der Waals surface area contributed by atoms with Crippen molar-refractivity contribution in [2.24, 2.45) is 5.41 Å². The lowest BCUT2D eigenvalue weighted by Gasteiger charge is -2.16. The van der Waals surface area contributed by atoms with Gasteiger partial charge in [0.1, 0.15) is 0 Å². The second-order valence-electron chi connectivity index (χ2n) is 3.02. The van der Waals surface area contributed by atoms with Gasteiger partial charge < -0.3 is 15.3 Å². The summed E-state index contributed by atoms with van der Waals surface area (Å²) in [4.78, 5) is 9.25. The minimum atomic E-state index is -0.981. The van der Waals surface area contributed by atoms with Crippen LogP contribution in [0.3, 0.4) is 0 Å². The monoisotopic (exact) mass is 176 g/mol. The van der Waals surface area contributed by atoms with E-state index in [4.69, 9.17) is 15.3 Å². The third-order valence-electron chi connectivity index (χ3n) is 1.03. The number of rotatable bonds is 3. The van der Waals surface area contributed by atoms with Crippen LogP contribution in [0.4, 0.5) is 0 Å². The van der Waals surface area contributed by atoms with E-state index in [0.29, 0.717) is 0 Å². The number of aliphatic hydroxyl groups is 2. The quantitative estimate of drug-likeness (QED) is 0.539. The molecule has 0 aliphatic carbocycles. The molecule has 0 rings (SSSR count). The maximum atomic E-state index is 9.25. The van der Waals surface area contributed by atoms with Crippen molar-refractivity contribution in [1.29, 1.82) is 0 Å². The molecule has 0 aromatic heterocycles. The Morgan fingerprint density at radius 3 is 1.67 bits per heavy atom. The predicted octanol–water partition coefficient (Wildman–Crippen LogP) is 0.254. The molecule has 0 heterocycles. The van der Waals surface area contributed by atoms with Crippen LogP contribution in [0.15, 0.2) is 12.7 Å². The SMILES string of the molecule is C=CC(=O)O.CC(C)(CO)CO. The fourth-order valence-corrected chi connectivity index (χ4v) is 0.0500. The van der Waals surface area contributed by atoms with Crippen LogP contribution in [-0.4, -0.2) is 34.5 Å². The van der Waals surface area contributed by atoms with Crippen molar-refractivity contribution in [2.45, 2.75) is 13.8 Å². The lowest BCUT2D eigenvalue weighted by Crippen LogP contribution is -2.20. The predicted molar refractivity (Wildman–Crippen MR) is 45.8 cm³/mol. The Bertz CT molecular complexity index is 134. The highest BCUT2D eigenvalue weighted by atomic mass is 16.4. The number of hydrogen-bond donors (Lipinski definition) is 3. The van der Waals surface area contributed by atoms with Crippen molar-refractivity contribution < 1.29 is 20.1 Å². The highest BCUT2D eigenvalue weighted by Gasteiger charge is 2.13. The molecule has 0 atom stereocenters. The molecule has 72 valence electrons. The summed E-state index contributed by atoms with van der Waals surface area (Å²) in [6, 6.07) is 0. The molecule has 0 bridgehead atoms. The van der Waals surface area contributed by atoms with Crippen molar-refractivity contribution in [3.63, 3.8) is 0 Å². The Kier molecular flexibility index (Phi) is 7.78. The number of carboxylic acid groups (broad SMARTS) is 1. The number of carboxylic acids is 1. The van der Waals surface area contributed by atoms with Gasteiger partial charge in [-0.3, -0.25) is 0 Å². The van der Waals surface area contributed by atoms with E-state index in [1.165, 1.54) is 0 Å². The molecule has 0 unspecified atom stereocenters. The molecule has 0 fully saturated rings. The number of carbonyl (C=O) groups is 1. The summed E-state index contributed by atoms with van der Waals surface area (Å²) in [6.45, 7) is 6.65. The fraction of sp³-hybridized carbons (Fsp3) is 0.625. The van der Waals surface area contributed by atoms with Crippen molar-refractivity contribution in [2.75, 3.05) is 13.2 Å². The molecular formula is C8H16O4. The number of aliphatic carboxylic acids is 1. The summed E-state index contributed by atoms with van der Waals surface area (Å²) in [5.41, 5.74) is -0.306. The molecule has 0 aromatic carbocycles. The average Bonchev–Trinajstić information content (AvgIpc) is 2.05. The van der Waals surface area contributed by atoms with Crippen molar-refractivity contribution in [3.8, 4) is 0 Å². The van der Waals surface area contributed by atoms with Crippen LogP contribution in [0.2, 0.25) is 0 Å². The normalized spacial score (nSPS) is 9.67. The zero-order valence-electron chi connectivity index (χ0n) is 7.45. The highest BCUT2D eigenvalue weighted by molar-refractivity contribution is 5.78. The third kappa shape index (κ3) is 11.9. The van der Waals surface area contributed by atoms with Gasteiger partial charge in [0.2, 0.25) is 0 Å². The first-order valence-electron chi connectivity index (χ1n) is 3.46. The molecule has 0 aliphatic rings. The van der Waals surface area contributed by atoms with E-state index in [9.17, 15) is 4.79 Å². The van der Waals surface area contributed by atoms with Crippen molar-refractivity contribution in [3.05, 3.63) is 12.7 Å². The molecule has 0 aliphatic heterocycles. The Morgan fingerprint density at radius 2 is 1.67 bits per heavy atom. The Balaban J connectivity index is 0. The summed E-state index contributed by atoms with van der Waals surface area (Å²) >= 11 is 0. The Hall–Kier alpha value is -0.870. The van der Waals surface area contributed by atoms with Gasteiger partial charge in [-0.15, -0.1) is 0 Å². The summed E-state index contributed by atoms with van der Waals surface area (Å²) < 4.78 is 0. The van der Waals surface area contributed by atoms with E-state index in [-0.39, 0.29) is 18.6 Å². The molecule has 4 nitrogen and oxygen atoms in total. The lowest BCUT2D eigenvalue weighted by atomic mass is 9.97. The molecule has 0 saturated carbocycles. The zero-order chi connectivity index (χ0) is 10.2. The van der Waals surface area contributed by atoms with Gasteiger partial charge in [-0.1, -0.05) is 20.4 Å². The number of aliphatic hydroxyl groups excluding tert-OH is 2. The molecule has 0 saturated heterocycles. The van der Waals surface area contributed by atoms with E-state index in [1.54, 1.807) is 13.8 Å². The smallest absolute Gasteiger partial charge is 0.327 e. The van der Waals surface area contributed by atoms with Crippen molar-refractivity contribution >= 4 is 5.97 Å². The van der Waals surface area contributed by atoms with E-state index in [1.807, 2.05) is 0 Å². The van der Waals surface area contributed by atoms with Gasteiger partial charge in [-0.05, 0) is 0 Å².